The third-order valence-electron chi connectivity index (χ3n) is 3.74. The van der Waals surface area contributed by atoms with Crippen molar-refractivity contribution in [3.8, 4) is 17.2 Å². The van der Waals surface area contributed by atoms with Crippen LogP contribution >= 0.6 is 0 Å². The number of nitrogens with zero attached hydrogens (tertiary/aromatic N) is 1. The van der Waals surface area contributed by atoms with Crippen molar-refractivity contribution in [2.75, 3.05) is 41.5 Å². The Morgan fingerprint density at radius 2 is 1.65 bits per heavy atom. The van der Waals surface area contributed by atoms with Gasteiger partial charge in [-0.2, -0.15) is 0 Å². The molecule has 0 aliphatic carbocycles. The number of likely N-dealkylation sites (N-methyl/N-ethyl adjacent to an activating group) is 1. The molecule has 110 valence electrons. The molecule has 0 amide bonds. The summed E-state index contributed by atoms with van der Waals surface area (Å²) < 4.78 is 16.4. The van der Waals surface area contributed by atoms with Gasteiger partial charge in [-0.25, -0.2) is 0 Å². The maximum atomic E-state index is 5.54. The molecule has 4 nitrogen and oxygen atoms in total. The van der Waals surface area contributed by atoms with E-state index in [9.17, 15) is 0 Å². The fourth-order valence-corrected chi connectivity index (χ4v) is 2.73. The summed E-state index contributed by atoms with van der Waals surface area (Å²) in [6, 6.07) is 3.81. The number of benzene rings is 1. The average molecular weight is 277 g/mol. The Bertz CT molecular complexity index is 485. The van der Waals surface area contributed by atoms with E-state index in [0.29, 0.717) is 5.92 Å². The van der Waals surface area contributed by atoms with Crippen molar-refractivity contribution in [1.29, 1.82) is 0 Å². The van der Waals surface area contributed by atoms with Gasteiger partial charge >= 0.3 is 0 Å². The highest BCUT2D eigenvalue weighted by Gasteiger charge is 2.24. The van der Waals surface area contributed by atoms with E-state index in [1.165, 1.54) is 5.57 Å². The lowest BCUT2D eigenvalue weighted by atomic mass is 9.89. The zero-order valence-electron chi connectivity index (χ0n) is 12.9. The fourth-order valence-electron chi connectivity index (χ4n) is 2.73. The average Bonchev–Trinajstić information content (AvgIpc) is 2.46. The van der Waals surface area contributed by atoms with E-state index >= 15 is 0 Å². The summed E-state index contributed by atoms with van der Waals surface area (Å²) in [5.74, 6) is 2.77. The molecule has 0 spiro atoms. The second-order valence-corrected chi connectivity index (χ2v) is 5.19. The van der Waals surface area contributed by atoms with Crippen LogP contribution in [0.1, 0.15) is 12.5 Å². The first kappa shape index (κ1) is 14.7. The maximum absolute atomic E-state index is 5.54. The summed E-state index contributed by atoms with van der Waals surface area (Å²) >= 11 is 0. The topological polar surface area (TPSA) is 30.9 Å². The molecular weight excluding hydrogens is 254 g/mol. The van der Waals surface area contributed by atoms with E-state index < -0.39 is 0 Å². The van der Waals surface area contributed by atoms with Crippen LogP contribution in [-0.4, -0.2) is 46.4 Å². The smallest absolute Gasteiger partial charge is 0.133 e. The molecule has 2 rings (SSSR count). The molecule has 0 fully saturated rings. The third kappa shape index (κ3) is 2.75. The molecule has 1 aromatic rings. The molecule has 0 aromatic heterocycles. The quantitative estimate of drug-likeness (QED) is 0.846. The molecule has 0 N–H and O–H groups in total. The summed E-state index contributed by atoms with van der Waals surface area (Å²) in [5.41, 5.74) is 2.32. The first-order chi connectivity index (χ1) is 9.60. The van der Waals surface area contributed by atoms with Crippen LogP contribution in [0, 0.1) is 5.92 Å². The van der Waals surface area contributed by atoms with Crippen LogP contribution in [-0.2, 0) is 0 Å². The van der Waals surface area contributed by atoms with Gasteiger partial charge < -0.3 is 19.1 Å². The summed E-state index contributed by atoms with van der Waals surface area (Å²) in [6.07, 6.45) is 2.25. The molecule has 0 radical (unpaired) electrons. The van der Waals surface area contributed by atoms with E-state index in [4.69, 9.17) is 14.2 Å². The second kappa shape index (κ2) is 6.18. The largest absolute Gasteiger partial charge is 0.496 e. The van der Waals surface area contributed by atoms with Gasteiger partial charge in [0.05, 0.1) is 26.9 Å². The van der Waals surface area contributed by atoms with Crippen LogP contribution in [0.25, 0.3) is 5.57 Å². The lowest BCUT2D eigenvalue weighted by Gasteiger charge is -2.29. The molecule has 1 aliphatic heterocycles. The zero-order valence-corrected chi connectivity index (χ0v) is 12.9. The van der Waals surface area contributed by atoms with E-state index in [2.05, 4.69) is 24.9 Å². The summed E-state index contributed by atoms with van der Waals surface area (Å²) in [7, 11) is 7.13. The van der Waals surface area contributed by atoms with Crippen molar-refractivity contribution >= 4 is 5.57 Å². The van der Waals surface area contributed by atoms with Crippen molar-refractivity contribution in [3.63, 3.8) is 0 Å². The molecule has 0 saturated heterocycles. The Hall–Kier alpha value is -1.68. The lowest BCUT2D eigenvalue weighted by Crippen LogP contribution is -2.29. The molecule has 1 aliphatic rings. The van der Waals surface area contributed by atoms with Crippen molar-refractivity contribution in [1.82, 2.24) is 4.90 Å². The van der Waals surface area contributed by atoms with E-state index in [1.54, 1.807) is 21.3 Å². The lowest BCUT2D eigenvalue weighted by molar-refractivity contribution is 0.327. The van der Waals surface area contributed by atoms with Crippen molar-refractivity contribution in [2.24, 2.45) is 5.92 Å². The Morgan fingerprint density at radius 3 is 2.10 bits per heavy atom. The number of rotatable bonds is 4. The molecule has 4 heteroatoms. The maximum Gasteiger partial charge on any atom is 0.133 e. The van der Waals surface area contributed by atoms with Crippen LogP contribution in [0.5, 0.6) is 17.2 Å². The fraction of sp³-hybridized carbons (Fsp3) is 0.500. The third-order valence-corrected chi connectivity index (χ3v) is 3.74. The molecule has 1 unspecified atom stereocenters. The number of methoxy groups -OCH3 is 3. The van der Waals surface area contributed by atoms with Crippen LogP contribution in [0.15, 0.2) is 18.2 Å². The Labute approximate surface area is 120 Å². The minimum absolute atomic E-state index is 0.435. The van der Waals surface area contributed by atoms with Gasteiger partial charge in [-0.15, -0.1) is 0 Å². The monoisotopic (exact) mass is 277 g/mol. The molecule has 1 atom stereocenters. The van der Waals surface area contributed by atoms with Gasteiger partial charge in [0.1, 0.15) is 17.2 Å². The number of hydrogen-bond acceptors (Lipinski definition) is 4. The normalized spacial score (nSPS) is 19.4. The molecule has 20 heavy (non-hydrogen) atoms. The SMILES string of the molecule is COc1cc(OC)c(C2=CCN(C)CC2C)c(OC)c1. The van der Waals surface area contributed by atoms with Gasteiger partial charge in [0.2, 0.25) is 0 Å². The Balaban J connectivity index is 2.54. The van der Waals surface area contributed by atoms with Gasteiger partial charge in [0.15, 0.2) is 0 Å². The highest BCUT2D eigenvalue weighted by Crippen LogP contribution is 2.42. The van der Waals surface area contributed by atoms with Gasteiger partial charge in [0, 0.05) is 25.2 Å². The first-order valence-corrected chi connectivity index (χ1v) is 6.79. The predicted molar refractivity (Wildman–Crippen MR) is 80.7 cm³/mol. The van der Waals surface area contributed by atoms with Crippen molar-refractivity contribution < 1.29 is 14.2 Å². The van der Waals surface area contributed by atoms with Gasteiger partial charge in [-0.3, -0.25) is 0 Å². The second-order valence-electron chi connectivity index (χ2n) is 5.19. The molecule has 1 heterocycles. The number of ether oxygens (including phenoxy) is 3. The minimum atomic E-state index is 0.435. The molecular formula is C16H23NO3. The molecule has 0 bridgehead atoms. The Morgan fingerprint density at radius 1 is 1.05 bits per heavy atom. The number of hydrogen-bond donors (Lipinski definition) is 0. The van der Waals surface area contributed by atoms with Crippen LogP contribution < -0.4 is 14.2 Å². The Kier molecular flexibility index (Phi) is 4.55. The van der Waals surface area contributed by atoms with Crippen molar-refractivity contribution in [2.45, 2.75) is 6.92 Å². The van der Waals surface area contributed by atoms with Gasteiger partial charge in [-0.05, 0) is 18.5 Å². The van der Waals surface area contributed by atoms with Crippen molar-refractivity contribution in [3.05, 3.63) is 23.8 Å². The van der Waals surface area contributed by atoms with Gasteiger partial charge in [-0.1, -0.05) is 13.0 Å². The van der Waals surface area contributed by atoms with Crippen LogP contribution in [0.2, 0.25) is 0 Å². The van der Waals surface area contributed by atoms with E-state index in [0.717, 1.165) is 35.9 Å². The van der Waals surface area contributed by atoms with Gasteiger partial charge in [0.25, 0.3) is 0 Å². The molecule has 1 aromatic carbocycles. The highest BCUT2D eigenvalue weighted by atomic mass is 16.5. The zero-order chi connectivity index (χ0) is 14.7. The van der Waals surface area contributed by atoms with Crippen LogP contribution in [0.4, 0.5) is 0 Å². The first-order valence-electron chi connectivity index (χ1n) is 6.79. The standard InChI is InChI=1S/C16H23NO3/c1-11-10-17(2)7-6-13(11)16-14(19-4)8-12(18-3)9-15(16)20-5/h6,8-9,11H,7,10H2,1-5H3. The van der Waals surface area contributed by atoms with E-state index in [1.807, 2.05) is 12.1 Å². The highest BCUT2D eigenvalue weighted by molar-refractivity contribution is 5.78. The van der Waals surface area contributed by atoms with E-state index in [-0.39, 0.29) is 0 Å². The molecule has 0 saturated carbocycles. The van der Waals surface area contributed by atoms with Crippen LogP contribution in [0.3, 0.4) is 0 Å². The summed E-state index contributed by atoms with van der Waals surface area (Å²) in [5, 5.41) is 0. The summed E-state index contributed by atoms with van der Waals surface area (Å²) in [6.45, 7) is 4.20. The predicted octanol–water partition coefficient (Wildman–Crippen LogP) is 2.68. The minimum Gasteiger partial charge on any atom is -0.496 e. The summed E-state index contributed by atoms with van der Waals surface area (Å²) in [4.78, 5) is 2.30.